The molecule has 0 saturated heterocycles. The summed E-state index contributed by atoms with van der Waals surface area (Å²) in [5.74, 6) is -0.571. The molecule has 1 atom stereocenters. The van der Waals surface area contributed by atoms with E-state index in [2.05, 4.69) is 0 Å². The number of hydrogen-bond donors (Lipinski definition) is 1. The van der Waals surface area contributed by atoms with Crippen molar-refractivity contribution in [3.8, 4) is 0 Å². The van der Waals surface area contributed by atoms with Gasteiger partial charge in [-0.15, -0.1) is 12.4 Å². The van der Waals surface area contributed by atoms with Gasteiger partial charge in [0.1, 0.15) is 0 Å². The molecule has 4 nitrogen and oxygen atoms in total. The zero-order chi connectivity index (χ0) is 15.1. The van der Waals surface area contributed by atoms with Gasteiger partial charge in [0.05, 0.1) is 29.6 Å². The summed E-state index contributed by atoms with van der Waals surface area (Å²) in [4.78, 5) is 14.6. The molecule has 1 aromatic carbocycles. The van der Waals surface area contributed by atoms with Crippen LogP contribution in [-0.4, -0.2) is 25.2 Å². The second-order valence-corrected chi connectivity index (χ2v) is 4.71. The van der Waals surface area contributed by atoms with Crippen LogP contribution in [0.5, 0.6) is 0 Å². The van der Waals surface area contributed by atoms with Crippen LogP contribution in [-0.2, 0) is 11.0 Å². The van der Waals surface area contributed by atoms with Crippen LogP contribution in [0.2, 0.25) is 0 Å². The molecule has 118 valence electrons. The van der Waals surface area contributed by atoms with E-state index in [9.17, 15) is 18.0 Å². The number of amides is 1. The Morgan fingerprint density at radius 2 is 1.90 bits per heavy atom. The monoisotopic (exact) mass is 323 g/mol. The lowest BCUT2D eigenvalue weighted by molar-refractivity contribution is -0.137. The Kier molecular flexibility index (Phi) is 4.99. The fraction of sp³-hybridized carbons (Fsp3) is 0.462. The molecule has 1 unspecified atom stereocenters. The van der Waals surface area contributed by atoms with Gasteiger partial charge in [-0.05, 0) is 32.0 Å². The Morgan fingerprint density at radius 1 is 1.29 bits per heavy atom. The van der Waals surface area contributed by atoms with Gasteiger partial charge in [-0.1, -0.05) is 0 Å². The van der Waals surface area contributed by atoms with E-state index in [1.165, 1.54) is 6.07 Å². The summed E-state index contributed by atoms with van der Waals surface area (Å²) in [5, 5.41) is 0. The number of hydrogen-bond acceptors (Lipinski definition) is 3. The summed E-state index contributed by atoms with van der Waals surface area (Å²) in [7, 11) is 0. The molecular formula is C13H17ClF3N3O. The Morgan fingerprint density at radius 3 is 2.38 bits per heavy atom. The molecule has 1 heterocycles. The number of nitrogens with two attached hydrogens (primary N) is 1. The number of anilines is 2. The zero-order valence-electron chi connectivity index (χ0n) is 11.6. The van der Waals surface area contributed by atoms with Crippen molar-refractivity contribution >= 4 is 29.7 Å². The second kappa shape index (κ2) is 6.01. The fourth-order valence-corrected chi connectivity index (χ4v) is 2.56. The average molecular weight is 324 g/mol. The Labute approximate surface area is 127 Å². The van der Waals surface area contributed by atoms with Gasteiger partial charge in [0.15, 0.2) is 0 Å². The van der Waals surface area contributed by atoms with Crippen LogP contribution >= 0.6 is 12.4 Å². The summed E-state index contributed by atoms with van der Waals surface area (Å²) in [5.41, 5.74) is 5.54. The highest BCUT2D eigenvalue weighted by molar-refractivity contribution is 5.86. The lowest BCUT2D eigenvalue weighted by Gasteiger charge is -2.28. The highest BCUT2D eigenvalue weighted by Crippen LogP contribution is 2.42. The number of rotatable bonds is 3. The third kappa shape index (κ3) is 3.18. The lowest BCUT2D eigenvalue weighted by atomic mass is 10.1. The summed E-state index contributed by atoms with van der Waals surface area (Å²) in [6, 6.07) is 3.57. The molecule has 0 aromatic heterocycles. The molecule has 0 radical (unpaired) electrons. The molecule has 0 saturated carbocycles. The van der Waals surface area contributed by atoms with Crippen molar-refractivity contribution in [2.75, 3.05) is 22.9 Å². The highest BCUT2D eigenvalue weighted by atomic mass is 35.5. The van der Waals surface area contributed by atoms with Gasteiger partial charge in [0.25, 0.3) is 0 Å². The van der Waals surface area contributed by atoms with Gasteiger partial charge in [-0.2, -0.15) is 13.2 Å². The number of primary amides is 1. The maximum atomic E-state index is 12.8. The minimum Gasteiger partial charge on any atom is -0.368 e. The van der Waals surface area contributed by atoms with Gasteiger partial charge >= 0.3 is 6.18 Å². The molecule has 1 aliphatic heterocycles. The van der Waals surface area contributed by atoms with Crippen molar-refractivity contribution in [2.45, 2.75) is 26.2 Å². The average Bonchev–Trinajstić information content (AvgIpc) is 2.60. The van der Waals surface area contributed by atoms with Crippen LogP contribution < -0.4 is 15.5 Å². The molecule has 0 spiro atoms. The third-order valence-corrected chi connectivity index (χ3v) is 3.49. The molecule has 21 heavy (non-hydrogen) atoms. The van der Waals surface area contributed by atoms with E-state index in [0.717, 1.165) is 12.1 Å². The predicted octanol–water partition coefficient (Wildman–Crippen LogP) is 2.60. The van der Waals surface area contributed by atoms with Crippen LogP contribution in [0.4, 0.5) is 24.5 Å². The van der Waals surface area contributed by atoms with E-state index in [4.69, 9.17) is 5.73 Å². The molecule has 1 aromatic rings. The van der Waals surface area contributed by atoms with E-state index in [0.29, 0.717) is 17.9 Å². The normalized spacial score (nSPS) is 17.5. The Balaban J connectivity index is 0.00000220. The largest absolute Gasteiger partial charge is 0.416 e. The zero-order valence-corrected chi connectivity index (χ0v) is 12.5. The van der Waals surface area contributed by atoms with Gasteiger partial charge < -0.3 is 15.5 Å². The molecular weight excluding hydrogens is 307 g/mol. The van der Waals surface area contributed by atoms with E-state index in [1.807, 2.05) is 18.7 Å². The Bertz CT molecular complexity index is 536. The van der Waals surface area contributed by atoms with Crippen molar-refractivity contribution in [3.63, 3.8) is 0 Å². The molecule has 1 amide bonds. The van der Waals surface area contributed by atoms with E-state index >= 15 is 0 Å². The number of alkyl halides is 3. The smallest absolute Gasteiger partial charge is 0.368 e. The van der Waals surface area contributed by atoms with Crippen LogP contribution in [0.25, 0.3) is 0 Å². The van der Waals surface area contributed by atoms with E-state index in [1.54, 1.807) is 4.90 Å². The molecule has 2 rings (SSSR count). The van der Waals surface area contributed by atoms with Gasteiger partial charge in [-0.25, -0.2) is 0 Å². The van der Waals surface area contributed by atoms with E-state index < -0.39 is 17.6 Å². The first-order valence-electron chi connectivity index (χ1n) is 6.28. The summed E-state index contributed by atoms with van der Waals surface area (Å²) < 4.78 is 38.4. The van der Waals surface area contributed by atoms with Gasteiger partial charge in [0, 0.05) is 6.54 Å². The molecule has 0 bridgehead atoms. The molecule has 1 aliphatic rings. The first kappa shape index (κ1) is 17.4. The molecule has 0 aliphatic carbocycles. The first-order chi connectivity index (χ1) is 9.25. The van der Waals surface area contributed by atoms with Crippen molar-refractivity contribution in [1.29, 1.82) is 0 Å². The second-order valence-electron chi connectivity index (χ2n) is 4.71. The van der Waals surface area contributed by atoms with Crippen molar-refractivity contribution in [2.24, 2.45) is 5.73 Å². The van der Waals surface area contributed by atoms with E-state index in [-0.39, 0.29) is 25.1 Å². The fourth-order valence-electron chi connectivity index (χ4n) is 2.56. The minimum atomic E-state index is -4.41. The van der Waals surface area contributed by atoms with Crippen molar-refractivity contribution < 1.29 is 18.0 Å². The number of carbonyl (C=O) groups is 1. The van der Waals surface area contributed by atoms with Crippen molar-refractivity contribution in [1.82, 2.24) is 0 Å². The maximum Gasteiger partial charge on any atom is 0.416 e. The standard InChI is InChI=1S/C13H16F3N3O.ClH/c1-3-18-8(2)19(7-12(17)20)11-6-9(13(14,15)16)4-5-10(11)18;/h4-6,8H,3,7H2,1-2H3,(H2,17,20);1H. The molecule has 8 heteroatoms. The predicted molar refractivity (Wildman–Crippen MR) is 77.7 cm³/mol. The minimum absolute atomic E-state index is 0. The SMILES string of the molecule is CCN1c2ccc(C(F)(F)F)cc2N(CC(N)=O)C1C.Cl. The van der Waals surface area contributed by atoms with Gasteiger partial charge in [0.2, 0.25) is 5.91 Å². The highest BCUT2D eigenvalue weighted by Gasteiger charge is 2.37. The molecule has 0 fully saturated rings. The molecule has 2 N–H and O–H groups in total. The number of halogens is 4. The quantitative estimate of drug-likeness (QED) is 0.930. The first-order valence-corrected chi connectivity index (χ1v) is 6.28. The van der Waals surface area contributed by atoms with Crippen LogP contribution in [0.15, 0.2) is 18.2 Å². The summed E-state index contributed by atoms with van der Waals surface area (Å²) in [6.45, 7) is 4.27. The van der Waals surface area contributed by atoms with Crippen LogP contribution in [0.1, 0.15) is 19.4 Å². The maximum absolute atomic E-state index is 12.8. The third-order valence-electron chi connectivity index (χ3n) is 3.49. The van der Waals surface area contributed by atoms with Crippen molar-refractivity contribution in [3.05, 3.63) is 23.8 Å². The lowest BCUT2D eigenvalue weighted by Crippen LogP contribution is -2.44. The Hall–Kier alpha value is -1.63. The summed E-state index contributed by atoms with van der Waals surface area (Å²) >= 11 is 0. The number of benzene rings is 1. The van der Waals surface area contributed by atoms with Gasteiger partial charge in [-0.3, -0.25) is 4.79 Å². The number of nitrogens with zero attached hydrogens (tertiary/aromatic N) is 2. The topological polar surface area (TPSA) is 49.6 Å². The number of carbonyl (C=O) groups excluding carboxylic acids is 1. The number of fused-ring (bicyclic) bond motifs is 1. The van der Waals surface area contributed by atoms with Crippen LogP contribution in [0, 0.1) is 0 Å². The summed E-state index contributed by atoms with van der Waals surface area (Å²) in [6.07, 6.45) is -4.61. The van der Waals surface area contributed by atoms with Crippen LogP contribution in [0.3, 0.4) is 0 Å².